The van der Waals surface area contributed by atoms with Crippen molar-refractivity contribution in [2.75, 3.05) is 12.9 Å². The summed E-state index contributed by atoms with van der Waals surface area (Å²) in [4.78, 5) is 18.2. The first-order valence-electron chi connectivity index (χ1n) is 11.6. The molecule has 0 aliphatic carbocycles. The zero-order chi connectivity index (χ0) is 22.3. The molecule has 0 amide bonds. The van der Waals surface area contributed by atoms with Crippen LogP contribution in [0.1, 0.15) is 55.8 Å². The molecule has 0 N–H and O–H groups in total. The lowest BCUT2D eigenvalue weighted by Crippen LogP contribution is -2.41. The van der Waals surface area contributed by atoms with Gasteiger partial charge in [-0.05, 0) is 42.5 Å². The number of methoxy groups -OCH3 is 1. The number of aromatic nitrogens is 1. The van der Waals surface area contributed by atoms with E-state index in [1.54, 1.807) is 18.9 Å². The van der Waals surface area contributed by atoms with Crippen LogP contribution in [0.15, 0.2) is 54.6 Å². The van der Waals surface area contributed by atoms with Gasteiger partial charge in [0.2, 0.25) is 6.29 Å². The van der Waals surface area contributed by atoms with Crippen molar-refractivity contribution in [3.8, 4) is 17.0 Å². The largest absolute Gasteiger partial charge is 0.462 e. The van der Waals surface area contributed by atoms with E-state index in [4.69, 9.17) is 14.5 Å². The Morgan fingerprint density at radius 2 is 1.81 bits per heavy atom. The van der Waals surface area contributed by atoms with E-state index in [9.17, 15) is 4.79 Å². The number of hydrogen-bond acceptors (Lipinski definition) is 5. The minimum Gasteiger partial charge on any atom is -0.462 e. The van der Waals surface area contributed by atoms with Gasteiger partial charge < -0.3 is 9.47 Å². The maximum atomic E-state index is 13.4. The van der Waals surface area contributed by atoms with E-state index in [1.165, 1.54) is 32.1 Å². The fourth-order valence-corrected chi connectivity index (χ4v) is 5.32. The van der Waals surface area contributed by atoms with E-state index in [0.717, 1.165) is 34.3 Å². The van der Waals surface area contributed by atoms with Gasteiger partial charge in [0.15, 0.2) is 5.78 Å². The summed E-state index contributed by atoms with van der Waals surface area (Å²) in [6, 6.07) is 17.8. The molecular formula is C27H31NO3S. The Bertz CT molecular complexity index is 1070. The molecule has 0 saturated heterocycles. The summed E-state index contributed by atoms with van der Waals surface area (Å²) in [5.74, 6) is 1.60. The first kappa shape index (κ1) is 22.8. The van der Waals surface area contributed by atoms with Crippen LogP contribution in [-0.2, 0) is 4.74 Å². The van der Waals surface area contributed by atoms with Gasteiger partial charge in [0, 0.05) is 18.1 Å². The maximum Gasteiger partial charge on any atom is 0.219 e. The number of ketones is 1. The molecule has 0 spiro atoms. The summed E-state index contributed by atoms with van der Waals surface area (Å²) in [7, 11) is 1.61. The van der Waals surface area contributed by atoms with Crippen LogP contribution in [0.4, 0.5) is 0 Å². The van der Waals surface area contributed by atoms with Crippen LogP contribution in [0.5, 0.6) is 5.75 Å². The number of benzene rings is 2. The molecule has 32 heavy (non-hydrogen) atoms. The van der Waals surface area contributed by atoms with Gasteiger partial charge >= 0.3 is 0 Å². The van der Waals surface area contributed by atoms with E-state index in [1.807, 2.05) is 48.5 Å². The van der Waals surface area contributed by atoms with Crippen molar-refractivity contribution in [1.29, 1.82) is 0 Å². The summed E-state index contributed by atoms with van der Waals surface area (Å²) in [6.07, 6.45) is 6.90. The van der Waals surface area contributed by atoms with E-state index >= 15 is 0 Å². The first-order chi connectivity index (χ1) is 15.7. The summed E-state index contributed by atoms with van der Waals surface area (Å²) >= 11 is 1.65. The number of ether oxygens (including phenoxy) is 2. The highest BCUT2D eigenvalue weighted by Crippen LogP contribution is 2.36. The normalized spacial score (nSPS) is 17.9. The number of unbranched alkanes of at least 4 members (excludes halogenated alkanes) is 5. The van der Waals surface area contributed by atoms with Crippen LogP contribution in [0.2, 0.25) is 0 Å². The van der Waals surface area contributed by atoms with Gasteiger partial charge in [0.1, 0.15) is 11.0 Å². The molecule has 4 rings (SSSR count). The summed E-state index contributed by atoms with van der Waals surface area (Å²) in [6.45, 7) is 2.23. The van der Waals surface area contributed by atoms with Crippen molar-refractivity contribution in [3.05, 3.63) is 60.2 Å². The van der Waals surface area contributed by atoms with Crippen molar-refractivity contribution in [1.82, 2.24) is 4.98 Å². The van der Waals surface area contributed by atoms with Gasteiger partial charge in [-0.25, -0.2) is 4.98 Å². The number of carbonyl (C=O) groups excluding carboxylic acids is 1. The topological polar surface area (TPSA) is 48.4 Å². The highest BCUT2D eigenvalue weighted by molar-refractivity contribution is 8.00. The molecule has 2 heterocycles. The van der Waals surface area contributed by atoms with Crippen molar-refractivity contribution in [2.45, 2.75) is 57.0 Å². The van der Waals surface area contributed by atoms with Crippen molar-refractivity contribution in [2.24, 2.45) is 0 Å². The summed E-state index contributed by atoms with van der Waals surface area (Å²) in [5.41, 5.74) is 3.33. The highest BCUT2D eigenvalue weighted by Gasteiger charge is 2.38. The Morgan fingerprint density at radius 1 is 1.00 bits per heavy atom. The molecule has 1 aliphatic heterocycles. The Labute approximate surface area is 194 Å². The first-order valence-corrected chi connectivity index (χ1v) is 12.6. The molecule has 3 aromatic rings. The average Bonchev–Trinajstić information content (AvgIpc) is 2.84. The third-order valence-electron chi connectivity index (χ3n) is 5.92. The molecule has 0 fully saturated rings. The molecule has 2 aromatic carbocycles. The van der Waals surface area contributed by atoms with Gasteiger partial charge in [-0.1, -0.05) is 63.3 Å². The molecule has 1 aromatic heterocycles. The Morgan fingerprint density at radius 3 is 2.66 bits per heavy atom. The molecule has 2 atom stereocenters. The van der Waals surface area contributed by atoms with Gasteiger partial charge in [0.25, 0.3) is 0 Å². The number of Topliss-reactive ketones (excluding diaryl/α,β-unsaturated/α-hetero) is 1. The molecule has 0 saturated carbocycles. The van der Waals surface area contributed by atoms with Gasteiger partial charge in [-0.2, -0.15) is 0 Å². The lowest BCUT2D eigenvalue weighted by Gasteiger charge is -2.31. The maximum absolute atomic E-state index is 13.4. The average molecular weight is 450 g/mol. The smallest absolute Gasteiger partial charge is 0.219 e. The molecule has 0 radical (unpaired) electrons. The molecule has 4 nitrogen and oxygen atoms in total. The standard InChI is InChI=1S/C27H31NO3S/c1-3-4-5-6-7-10-17-32-26-25(29)21-18-20(14-16-24(21)31-27(26)30-2)23-15-13-19-11-8-9-12-22(19)28-23/h8-9,11-16,18,26-27H,3-7,10,17H2,1-2H3. The predicted octanol–water partition coefficient (Wildman–Crippen LogP) is 6.91. The van der Waals surface area contributed by atoms with Crippen LogP contribution in [0.25, 0.3) is 22.2 Å². The number of fused-ring (bicyclic) bond motifs is 2. The third-order valence-corrected chi connectivity index (χ3v) is 7.24. The summed E-state index contributed by atoms with van der Waals surface area (Å²) < 4.78 is 11.6. The monoisotopic (exact) mass is 449 g/mol. The van der Waals surface area contributed by atoms with Crippen LogP contribution in [0, 0.1) is 0 Å². The molecule has 168 valence electrons. The zero-order valence-corrected chi connectivity index (χ0v) is 19.7. The lowest BCUT2D eigenvalue weighted by molar-refractivity contribution is -0.0534. The minimum absolute atomic E-state index is 0.0803. The van der Waals surface area contributed by atoms with Gasteiger partial charge in [-0.15, -0.1) is 11.8 Å². The van der Waals surface area contributed by atoms with E-state index in [0.29, 0.717) is 11.3 Å². The lowest BCUT2D eigenvalue weighted by atomic mass is 9.99. The molecule has 0 bridgehead atoms. The number of thioether (sulfide) groups is 1. The Balaban J connectivity index is 1.49. The van der Waals surface area contributed by atoms with E-state index in [-0.39, 0.29) is 11.0 Å². The summed E-state index contributed by atoms with van der Waals surface area (Å²) in [5, 5.41) is 0.755. The van der Waals surface area contributed by atoms with Crippen molar-refractivity contribution < 1.29 is 14.3 Å². The third kappa shape index (κ3) is 5.16. The predicted molar refractivity (Wildman–Crippen MR) is 133 cm³/mol. The second-order valence-electron chi connectivity index (χ2n) is 8.25. The zero-order valence-electron chi connectivity index (χ0n) is 18.9. The molecule has 2 unspecified atom stereocenters. The Kier molecular flexibility index (Phi) is 7.82. The van der Waals surface area contributed by atoms with E-state index in [2.05, 4.69) is 13.0 Å². The van der Waals surface area contributed by atoms with Crippen LogP contribution < -0.4 is 4.74 Å². The fraction of sp³-hybridized carbons (Fsp3) is 0.407. The van der Waals surface area contributed by atoms with Crippen LogP contribution >= 0.6 is 11.8 Å². The van der Waals surface area contributed by atoms with Crippen molar-refractivity contribution >= 4 is 28.4 Å². The Hall–Kier alpha value is -2.37. The quantitative estimate of drug-likeness (QED) is 0.315. The minimum atomic E-state index is -0.551. The highest BCUT2D eigenvalue weighted by atomic mass is 32.2. The number of pyridine rings is 1. The van der Waals surface area contributed by atoms with Crippen LogP contribution in [-0.4, -0.2) is 35.2 Å². The van der Waals surface area contributed by atoms with Crippen molar-refractivity contribution in [3.63, 3.8) is 0 Å². The van der Waals surface area contributed by atoms with Gasteiger partial charge in [-0.3, -0.25) is 4.79 Å². The number of rotatable bonds is 10. The number of para-hydroxylation sites is 1. The number of nitrogens with zero attached hydrogens (tertiary/aromatic N) is 1. The van der Waals surface area contributed by atoms with Gasteiger partial charge in [0.05, 0.1) is 16.8 Å². The number of hydrogen-bond donors (Lipinski definition) is 0. The number of carbonyl (C=O) groups is 1. The van der Waals surface area contributed by atoms with E-state index < -0.39 is 6.29 Å². The second-order valence-corrected chi connectivity index (χ2v) is 9.49. The molecule has 1 aliphatic rings. The molecule has 5 heteroatoms. The fourth-order valence-electron chi connectivity index (χ4n) is 4.09. The second kappa shape index (κ2) is 11.0. The molecular weight excluding hydrogens is 418 g/mol. The van der Waals surface area contributed by atoms with Crippen LogP contribution in [0.3, 0.4) is 0 Å². The SMILES string of the molecule is CCCCCCCCSC1C(=O)c2cc(-c3ccc4ccccc4n3)ccc2OC1OC.